The van der Waals surface area contributed by atoms with E-state index in [0.717, 1.165) is 33.7 Å². The Kier molecular flexibility index (Phi) is 12.5. The van der Waals surface area contributed by atoms with Gasteiger partial charge >= 0.3 is 6.09 Å². The Morgan fingerprint density at radius 1 is 1.16 bits per heavy atom. The molecule has 0 aliphatic rings. The molecular weight excluding hydrogens is 568 g/mol. The summed E-state index contributed by atoms with van der Waals surface area (Å²) in [5.74, 6) is 5.60. The number of benzene rings is 1. The molecule has 3 aromatic rings. The highest BCUT2D eigenvalue weighted by molar-refractivity contribution is 6.00. The highest BCUT2D eigenvalue weighted by atomic mass is 16.6. The van der Waals surface area contributed by atoms with E-state index in [0.29, 0.717) is 48.9 Å². The number of ether oxygens (including phenoxy) is 1. The molecule has 1 aromatic carbocycles. The maximum absolute atomic E-state index is 13.5. The van der Waals surface area contributed by atoms with Crippen LogP contribution in [0.3, 0.4) is 0 Å². The highest BCUT2D eigenvalue weighted by Gasteiger charge is 2.26. The topological polar surface area (TPSA) is 113 Å². The molecule has 0 aliphatic carbocycles. The van der Waals surface area contributed by atoms with Gasteiger partial charge in [-0.15, -0.1) is 0 Å². The van der Waals surface area contributed by atoms with Gasteiger partial charge in [0.05, 0.1) is 17.8 Å². The van der Waals surface area contributed by atoms with Crippen molar-refractivity contribution >= 4 is 24.1 Å². The van der Waals surface area contributed by atoms with Gasteiger partial charge in [0.15, 0.2) is 0 Å². The van der Waals surface area contributed by atoms with Crippen molar-refractivity contribution in [3.63, 3.8) is 0 Å². The zero-order valence-electron chi connectivity index (χ0n) is 27.5. The van der Waals surface area contributed by atoms with Gasteiger partial charge in [-0.2, -0.15) is 0 Å². The fourth-order valence-electron chi connectivity index (χ4n) is 4.97. The summed E-state index contributed by atoms with van der Waals surface area (Å²) in [4.78, 5) is 44.5. The number of carbonyl (C=O) groups is 3. The summed E-state index contributed by atoms with van der Waals surface area (Å²) >= 11 is 0. The first kappa shape index (κ1) is 35.1. The molecule has 240 valence electrons. The van der Waals surface area contributed by atoms with Crippen LogP contribution in [0.25, 0.3) is 16.9 Å². The van der Waals surface area contributed by atoms with Crippen molar-refractivity contribution < 1.29 is 24.2 Å². The van der Waals surface area contributed by atoms with Gasteiger partial charge in [0.25, 0.3) is 5.91 Å². The highest BCUT2D eigenvalue weighted by Crippen LogP contribution is 2.26. The molecule has 0 radical (unpaired) electrons. The lowest BCUT2D eigenvalue weighted by Gasteiger charge is -2.27. The second-order valence-electron chi connectivity index (χ2n) is 12.1. The maximum Gasteiger partial charge on any atom is 0.407 e. The lowest BCUT2D eigenvalue weighted by atomic mass is 10.0. The van der Waals surface area contributed by atoms with Gasteiger partial charge in [0.2, 0.25) is 6.41 Å². The maximum atomic E-state index is 13.5. The minimum Gasteiger partial charge on any atom is -0.444 e. The smallest absolute Gasteiger partial charge is 0.407 e. The van der Waals surface area contributed by atoms with Crippen LogP contribution in [-0.2, 0) is 20.7 Å². The first-order valence-electron chi connectivity index (χ1n) is 15.6. The van der Waals surface area contributed by atoms with Gasteiger partial charge < -0.3 is 19.6 Å². The van der Waals surface area contributed by atoms with Crippen molar-refractivity contribution in [2.24, 2.45) is 0 Å². The van der Waals surface area contributed by atoms with Crippen LogP contribution in [0.5, 0.6) is 0 Å². The zero-order chi connectivity index (χ0) is 33.1. The van der Waals surface area contributed by atoms with Crippen molar-refractivity contribution in [3.05, 3.63) is 71.1 Å². The molecule has 3 amide bonds. The number of amides is 3. The third-order valence-electron chi connectivity index (χ3n) is 7.18. The number of nitrogens with zero attached hydrogens (tertiary/aromatic N) is 3. The SMILES string of the molecule is CCC#C/C(C)=C(\CCC)C(=O)N(C=O)C[C@H](Cc1ccc(-c2cn3cccc(C(O)CC)c3n2)cc1)NC(=O)OC(C)(C)C. The summed E-state index contributed by atoms with van der Waals surface area (Å²) in [5, 5.41) is 13.3. The summed E-state index contributed by atoms with van der Waals surface area (Å²) in [6, 6.07) is 10.9. The van der Waals surface area contributed by atoms with Crippen LogP contribution < -0.4 is 5.32 Å². The number of hydrogen-bond donors (Lipinski definition) is 2. The van der Waals surface area contributed by atoms with Crippen LogP contribution in [0.1, 0.15) is 91.4 Å². The van der Waals surface area contributed by atoms with E-state index in [2.05, 4.69) is 17.2 Å². The Labute approximate surface area is 266 Å². The van der Waals surface area contributed by atoms with E-state index in [1.807, 2.05) is 74.0 Å². The number of aliphatic hydroxyl groups excluding tert-OH is 1. The summed E-state index contributed by atoms with van der Waals surface area (Å²) in [6.45, 7) is 12.9. The molecule has 2 atom stereocenters. The van der Waals surface area contributed by atoms with Crippen molar-refractivity contribution in [1.29, 1.82) is 0 Å². The number of fused-ring (bicyclic) bond motifs is 1. The average molecular weight is 615 g/mol. The number of nitrogens with one attached hydrogen (secondary N) is 1. The van der Waals surface area contributed by atoms with E-state index in [1.165, 1.54) is 0 Å². The minimum atomic E-state index is -0.719. The minimum absolute atomic E-state index is 0.0417. The quantitative estimate of drug-likeness (QED) is 0.139. The predicted octanol–water partition coefficient (Wildman–Crippen LogP) is 6.40. The Morgan fingerprint density at radius 3 is 2.47 bits per heavy atom. The molecule has 0 spiro atoms. The van der Waals surface area contributed by atoms with E-state index >= 15 is 0 Å². The molecule has 45 heavy (non-hydrogen) atoms. The Bertz CT molecular complexity index is 1570. The van der Waals surface area contributed by atoms with Crippen LogP contribution in [0.15, 0.2) is 59.9 Å². The fourth-order valence-corrected chi connectivity index (χ4v) is 4.97. The van der Waals surface area contributed by atoms with Crippen molar-refractivity contribution in [2.45, 2.75) is 98.3 Å². The third kappa shape index (κ3) is 9.79. The number of hydrogen-bond acceptors (Lipinski definition) is 6. The fraction of sp³-hybridized carbons (Fsp3) is 0.444. The standard InChI is InChI=1S/C36H46N4O5/c1-8-11-14-25(4)29(13-9-2)34(43)40(24-41)22-28(37-35(44)45-36(5,6)7)21-26-16-18-27(19-17-26)31-23-39-20-12-15-30(32(42)10-3)33(39)38-31/h12,15-20,23-24,28,32,42H,8-10,13,21-22H2,1-7H3,(H,37,44)/b29-25+/t28-,32?/m0/s1. The molecule has 0 aliphatic heterocycles. The van der Waals surface area contributed by atoms with Crippen molar-refractivity contribution in [2.75, 3.05) is 6.54 Å². The monoisotopic (exact) mass is 614 g/mol. The Balaban J connectivity index is 1.88. The largest absolute Gasteiger partial charge is 0.444 e. The van der Waals surface area contributed by atoms with Crippen LogP contribution in [0.4, 0.5) is 4.79 Å². The first-order valence-corrected chi connectivity index (χ1v) is 15.6. The van der Waals surface area contributed by atoms with Gasteiger partial charge in [-0.3, -0.25) is 14.5 Å². The molecule has 0 fully saturated rings. The average Bonchev–Trinajstić information content (AvgIpc) is 3.44. The van der Waals surface area contributed by atoms with Crippen molar-refractivity contribution in [1.82, 2.24) is 19.6 Å². The van der Waals surface area contributed by atoms with Crippen LogP contribution in [0.2, 0.25) is 0 Å². The normalized spacial score (nSPS) is 13.2. The number of rotatable bonds is 12. The molecular formula is C36H46N4O5. The molecule has 2 heterocycles. The second kappa shape index (κ2) is 16.1. The number of allylic oxidation sites excluding steroid dienone is 1. The molecule has 2 N–H and O–H groups in total. The molecule has 3 rings (SSSR count). The number of imide groups is 1. The molecule has 0 saturated heterocycles. The van der Waals surface area contributed by atoms with Gasteiger partial charge in [0.1, 0.15) is 11.2 Å². The van der Waals surface area contributed by atoms with Gasteiger partial charge in [-0.25, -0.2) is 9.78 Å². The summed E-state index contributed by atoms with van der Waals surface area (Å²) in [6.07, 6.45) is 5.90. The number of imidazole rings is 1. The van der Waals surface area contributed by atoms with E-state index < -0.39 is 29.7 Å². The molecule has 2 aromatic heterocycles. The number of alkyl carbamates (subject to hydrolysis) is 1. The molecule has 9 nitrogen and oxygen atoms in total. The first-order chi connectivity index (χ1) is 21.4. The number of aromatic nitrogens is 2. The molecule has 0 bridgehead atoms. The van der Waals surface area contributed by atoms with Gasteiger partial charge in [0, 0.05) is 47.6 Å². The van der Waals surface area contributed by atoms with Gasteiger partial charge in [-0.05, 0) is 58.6 Å². The third-order valence-corrected chi connectivity index (χ3v) is 7.18. The summed E-state index contributed by atoms with van der Waals surface area (Å²) in [7, 11) is 0. The number of pyridine rings is 1. The van der Waals surface area contributed by atoms with E-state index in [-0.39, 0.29) is 6.54 Å². The number of carbonyl (C=O) groups excluding carboxylic acids is 3. The lowest BCUT2D eigenvalue weighted by Crippen LogP contribution is -2.48. The predicted molar refractivity (Wildman–Crippen MR) is 176 cm³/mol. The Hall–Kier alpha value is -4.42. The van der Waals surface area contributed by atoms with Crippen LogP contribution >= 0.6 is 0 Å². The van der Waals surface area contributed by atoms with Crippen molar-refractivity contribution in [3.8, 4) is 23.1 Å². The van der Waals surface area contributed by atoms with E-state index in [4.69, 9.17) is 9.72 Å². The van der Waals surface area contributed by atoms with Gasteiger partial charge in [-0.1, -0.05) is 69.4 Å². The van der Waals surface area contributed by atoms with E-state index in [1.54, 1.807) is 27.7 Å². The molecule has 1 unspecified atom stereocenters. The Morgan fingerprint density at radius 2 is 1.87 bits per heavy atom. The van der Waals surface area contributed by atoms with Crippen LogP contribution in [0, 0.1) is 11.8 Å². The summed E-state index contributed by atoms with van der Waals surface area (Å²) < 4.78 is 7.40. The second-order valence-corrected chi connectivity index (χ2v) is 12.1. The zero-order valence-corrected chi connectivity index (χ0v) is 27.5. The molecule has 0 saturated carbocycles. The lowest BCUT2D eigenvalue weighted by molar-refractivity contribution is -0.135. The molecule has 9 heteroatoms. The number of aliphatic hydroxyl groups is 1. The van der Waals surface area contributed by atoms with E-state index in [9.17, 15) is 19.5 Å². The summed E-state index contributed by atoms with van der Waals surface area (Å²) in [5.41, 5.74) is 4.44. The van der Waals surface area contributed by atoms with Crippen LogP contribution in [-0.4, -0.2) is 56.0 Å².